The molecule has 1 saturated heterocycles. The van der Waals surface area contributed by atoms with Crippen LogP contribution in [0.3, 0.4) is 0 Å². The number of amides is 2. The third-order valence-corrected chi connectivity index (χ3v) is 4.09. The van der Waals surface area contributed by atoms with Gasteiger partial charge < -0.3 is 5.32 Å². The van der Waals surface area contributed by atoms with E-state index in [0.29, 0.717) is 12.8 Å². The molecule has 4 nitrogen and oxygen atoms in total. The first kappa shape index (κ1) is 12.9. The first-order valence-electron chi connectivity index (χ1n) is 6.97. The van der Waals surface area contributed by atoms with E-state index < -0.39 is 0 Å². The van der Waals surface area contributed by atoms with E-state index in [-0.39, 0.29) is 30.3 Å². The lowest BCUT2D eigenvalue weighted by Crippen LogP contribution is -2.35. The van der Waals surface area contributed by atoms with Crippen LogP contribution in [-0.2, 0) is 9.59 Å². The van der Waals surface area contributed by atoms with Crippen LogP contribution in [0.2, 0.25) is 0 Å². The molecule has 20 heavy (non-hydrogen) atoms. The monoisotopic (exact) mass is 270 g/mol. The number of hydrogen-bond acceptors (Lipinski definition) is 3. The van der Waals surface area contributed by atoms with Crippen LogP contribution in [0.5, 0.6) is 0 Å². The molecule has 1 aromatic rings. The van der Waals surface area contributed by atoms with Gasteiger partial charge in [-0.3, -0.25) is 14.5 Å². The SMILES string of the molecule is Cc1ccc(NCN2C(=O)[C@H]3CC=CC[C@@H]3C2=O)cc1. The summed E-state index contributed by atoms with van der Waals surface area (Å²) in [5, 5.41) is 3.15. The average molecular weight is 270 g/mol. The molecule has 0 aromatic heterocycles. The highest BCUT2D eigenvalue weighted by atomic mass is 16.2. The number of rotatable bonds is 3. The van der Waals surface area contributed by atoms with E-state index >= 15 is 0 Å². The second-order valence-electron chi connectivity index (χ2n) is 5.46. The minimum Gasteiger partial charge on any atom is -0.367 e. The average Bonchev–Trinajstić information content (AvgIpc) is 2.71. The molecule has 2 amide bonds. The van der Waals surface area contributed by atoms with E-state index in [0.717, 1.165) is 5.69 Å². The van der Waals surface area contributed by atoms with E-state index in [1.54, 1.807) is 0 Å². The van der Waals surface area contributed by atoms with E-state index in [1.807, 2.05) is 43.3 Å². The fourth-order valence-electron chi connectivity index (χ4n) is 2.87. The van der Waals surface area contributed by atoms with Gasteiger partial charge in [0.1, 0.15) is 0 Å². The number of likely N-dealkylation sites (tertiary alicyclic amines) is 1. The van der Waals surface area contributed by atoms with Gasteiger partial charge >= 0.3 is 0 Å². The summed E-state index contributed by atoms with van der Waals surface area (Å²) in [5.41, 5.74) is 2.10. The van der Waals surface area contributed by atoms with Crippen LogP contribution < -0.4 is 5.32 Å². The van der Waals surface area contributed by atoms with Crippen molar-refractivity contribution in [3.05, 3.63) is 42.0 Å². The molecule has 4 heteroatoms. The Morgan fingerprint density at radius 3 is 2.15 bits per heavy atom. The number of aryl methyl sites for hydroxylation is 1. The zero-order valence-electron chi connectivity index (χ0n) is 11.5. The van der Waals surface area contributed by atoms with Crippen LogP contribution >= 0.6 is 0 Å². The topological polar surface area (TPSA) is 49.4 Å². The van der Waals surface area contributed by atoms with Gasteiger partial charge in [0.25, 0.3) is 0 Å². The third kappa shape index (κ3) is 2.22. The van der Waals surface area contributed by atoms with Crippen molar-refractivity contribution in [2.45, 2.75) is 19.8 Å². The van der Waals surface area contributed by atoms with Crippen molar-refractivity contribution >= 4 is 17.5 Å². The standard InChI is InChI=1S/C16H18N2O2/c1-11-6-8-12(9-7-11)17-10-18-15(19)13-4-2-3-5-14(13)16(18)20/h2-3,6-9,13-14,17H,4-5,10H2,1H3/t13-,14-/m0/s1. The summed E-state index contributed by atoms with van der Waals surface area (Å²) in [7, 11) is 0. The lowest BCUT2D eigenvalue weighted by Gasteiger charge is -2.16. The van der Waals surface area contributed by atoms with Crippen molar-refractivity contribution in [3.8, 4) is 0 Å². The quantitative estimate of drug-likeness (QED) is 0.677. The van der Waals surface area contributed by atoms with Crippen LogP contribution in [0, 0.1) is 18.8 Å². The maximum absolute atomic E-state index is 12.3. The van der Waals surface area contributed by atoms with Gasteiger partial charge in [0.2, 0.25) is 11.8 Å². The van der Waals surface area contributed by atoms with Crippen molar-refractivity contribution < 1.29 is 9.59 Å². The molecule has 0 spiro atoms. The predicted molar refractivity (Wildman–Crippen MR) is 76.9 cm³/mol. The maximum atomic E-state index is 12.3. The Kier molecular flexibility index (Phi) is 3.30. The number of fused-ring (bicyclic) bond motifs is 1. The largest absolute Gasteiger partial charge is 0.367 e. The van der Waals surface area contributed by atoms with Gasteiger partial charge in [-0.2, -0.15) is 0 Å². The summed E-state index contributed by atoms with van der Waals surface area (Å²) in [5.74, 6) is -0.368. The highest BCUT2D eigenvalue weighted by molar-refractivity contribution is 6.05. The number of hydrogen-bond donors (Lipinski definition) is 1. The van der Waals surface area contributed by atoms with Crippen LogP contribution in [0.15, 0.2) is 36.4 Å². The first-order valence-corrected chi connectivity index (χ1v) is 6.97. The van der Waals surface area contributed by atoms with Gasteiger partial charge in [0.05, 0.1) is 18.5 Å². The molecule has 0 unspecified atom stereocenters. The minimum absolute atomic E-state index is 0.0380. The minimum atomic E-state index is -0.146. The molecule has 1 aliphatic heterocycles. The molecule has 1 aromatic carbocycles. The molecule has 0 saturated carbocycles. The van der Waals surface area contributed by atoms with Gasteiger partial charge in [0.15, 0.2) is 0 Å². The van der Waals surface area contributed by atoms with E-state index in [1.165, 1.54) is 10.5 Å². The molecule has 1 heterocycles. The molecule has 1 fully saturated rings. The molecule has 0 bridgehead atoms. The summed E-state index contributed by atoms with van der Waals surface area (Å²) in [6.45, 7) is 2.28. The van der Waals surface area contributed by atoms with Crippen LogP contribution in [-0.4, -0.2) is 23.4 Å². The first-order chi connectivity index (χ1) is 9.66. The van der Waals surface area contributed by atoms with Gasteiger partial charge in [-0.1, -0.05) is 29.8 Å². The molecule has 2 aliphatic rings. The van der Waals surface area contributed by atoms with Crippen molar-refractivity contribution in [2.24, 2.45) is 11.8 Å². The summed E-state index contributed by atoms with van der Waals surface area (Å²) >= 11 is 0. The summed E-state index contributed by atoms with van der Waals surface area (Å²) in [6.07, 6.45) is 5.39. The molecule has 2 atom stereocenters. The predicted octanol–water partition coefficient (Wildman–Crippen LogP) is 2.32. The molecule has 1 aliphatic carbocycles. The molecule has 0 radical (unpaired) electrons. The maximum Gasteiger partial charge on any atom is 0.234 e. The van der Waals surface area contributed by atoms with Crippen molar-refractivity contribution in [1.82, 2.24) is 4.90 Å². The van der Waals surface area contributed by atoms with Crippen LogP contribution in [0.1, 0.15) is 18.4 Å². The van der Waals surface area contributed by atoms with Crippen LogP contribution in [0.4, 0.5) is 5.69 Å². The van der Waals surface area contributed by atoms with E-state index in [9.17, 15) is 9.59 Å². The summed E-state index contributed by atoms with van der Waals surface area (Å²) in [6, 6.07) is 7.91. The fraction of sp³-hybridized carbons (Fsp3) is 0.375. The Hall–Kier alpha value is -2.10. The van der Waals surface area contributed by atoms with Gasteiger partial charge in [-0.05, 0) is 31.9 Å². The number of imide groups is 1. The fourth-order valence-corrected chi connectivity index (χ4v) is 2.87. The Balaban J connectivity index is 1.67. The molecular formula is C16H18N2O2. The summed E-state index contributed by atoms with van der Waals surface area (Å²) < 4.78 is 0. The summed E-state index contributed by atoms with van der Waals surface area (Å²) in [4.78, 5) is 25.9. The number of nitrogens with zero attached hydrogens (tertiary/aromatic N) is 1. The Morgan fingerprint density at radius 2 is 1.60 bits per heavy atom. The number of nitrogens with one attached hydrogen (secondary N) is 1. The lowest BCUT2D eigenvalue weighted by molar-refractivity contribution is -0.139. The third-order valence-electron chi connectivity index (χ3n) is 4.09. The molecule has 104 valence electrons. The molecular weight excluding hydrogens is 252 g/mol. The highest BCUT2D eigenvalue weighted by Crippen LogP contribution is 2.34. The van der Waals surface area contributed by atoms with E-state index in [2.05, 4.69) is 5.32 Å². The Labute approximate surface area is 118 Å². The normalized spacial score (nSPS) is 24.9. The number of anilines is 1. The number of allylic oxidation sites excluding steroid dienone is 2. The molecule has 1 N–H and O–H groups in total. The van der Waals surface area contributed by atoms with Crippen molar-refractivity contribution in [3.63, 3.8) is 0 Å². The van der Waals surface area contributed by atoms with Gasteiger partial charge in [-0.15, -0.1) is 0 Å². The Morgan fingerprint density at radius 1 is 1.05 bits per heavy atom. The highest BCUT2D eigenvalue weighted by Gasteiger charge is 2.46. The zero-order valence-corrected chi connectivity index (χ0v) is 11.5. The van der Waals surface area contributed by atoms with E-state index in [4.69, 9.17) is 0 Å². The van der Waals surface area contributed by atoms with Gasteiger partial charge in [-0.25, -0.2) is 0 Å². The van der Waals surface area contributed by atoms with Crippen LogP contribution in [0.25, 0.3) is 0 Å². The number of carbonyl (C=O) groups excluding carboxylic acids is 2. The zero-order chi connectivity index (χ0) is 14.1. The van der Waals surface area contributed by atoms with Gasteiger partial charge in [0, 0.05) is 5.69 Å². The van der Waals surface area contributed by atoms with Crippen molar-refractivity contribution in [2.75, 3.05) is 12.0 Å². The number of benzene rings is 1. The Bertz CT molecular complexity index is 536. The van der Waals surface area contributed by atoms with Crippen molar-refractivity contribution in [1.29, 1.82) is 0 Å². The number of carbonyl (C=O) groups is 2. The lowest BCUT2D eigenvalue weighted by atomic mass is 9.85. The molecule has 3 rings (SSSR count). The second-order valence-corrected chi connectivity index (χ2v) is 5.46. The second kappa shape index (κ2) is 5.12. The smallest absolute Gasteiger partial charge is 0.234 e.